The van der Waals surface area contributed by atoms with Crippen LogP contribution in [0.3, 0.4) is 0 Å². The lowest BCUT2D eigenvalue weighted by molar-refractivity contribution is -0.664. The molecular formula is C13H11F3NO4+. The van der Waals surface area contributed by atoms with E-state index in [1.807, 2.05) is 0 Å². The van der Waals surface area contributed by atoms with Crippen LogP contribution in [-0.4, -0.2) is 24.2 Å². The van der Waals surface area contributed by atoms with Crippen LogP contribution in [0.1, 0.15) is 10.5 Å². The molecule has 0 bridgehead atoms. The van der Waals surface area contributed by atoms with Crippen molar-refractivity contribution < 1.29 is 36.8 Å². The van der Waals surface area contributed by atoms with Gasteiger partial charge < -0.3 is 14.3 Å². The van der Waals surface area contributed by atoms with E-state index >= 15 is 0 Å². The number of halogens is 3. The molecule has 0 unspecified atom stereocenters. The van der Waals surface area contributed by atoms with E-state index in [1.165, 1.54) is 26.3 Å². The summed E-state index contributed by atoms with van der Waals surface area (Å²) in [4.78, 5) is 11.3. The maximum Gasteiger partial charge on any atom is 0.461 e. The van der Waals surface area contributed by atoms with Crippen LogP contribution in [-0.2, 0) is 7.05 Å². The van der Waals surface area contributed by atoms with Crippen molar-refractivity contribution in [3.05, 3.63) is 30.0 Å². The molecule has 8 heteroatoms. The third-order valence-electron chi connectivity index (χ3n) is 2.85. The predicted octanol–water partition coefficient (Wildman–Crippen LogP) is 2.23. The average molecular weight is 302 g/mol. The first-order chi connectivity index (χ1) is 9.75. The van der Waals surface area contributed by atoms with Crippen molar-refractivity contribution in [2.24, 2.45) is 7.05 Å². The Morgan fingerprint density at radius 3 is 2.33 bits per heavy atom. The molecule has 1 aromatic carbocycles. The number of nitrogens with zero attached hydrogens (tertiary/aromatic N) is 1. The van der Waals surface area contributed by atoms with E-state index in [2.05, 4.69) is 0 Å². The second kappa shape index (κ2) is 5.12. The third kappa shape index (κ3) is 2.69. The Labute approximate surface area is 117 Å². The van der Waals surface area contributed by atoms with Crippen molar-refractivity contribution in [3.8, 4) is 23.1 Å². The molecule has 0 radical (unpaired) electrons. The van der Waals surface area contributed by atoms with Gasteiger partial charge in [0.25, 0.3) is 0 Å². The number of alkyl halides is 3. The Balaban J connectivity index is 2.50. The highest BCUT2D eigenvalue weighted by Gasteiger charge is 2.49. The molecule has 2 rings (SSSR count). The summed E-state index contributed by atoms with van der Waals surface area (Å²) in [7, 11) is 2.66. The van der Waals surface area contributed by atoms with Crippen molar-refractivity contribution in [2.45, 2.75) is 6.18 Å². The zero-order valence-electron chi connectivity index (χ0n) is 11.1. The van der Waals surface area contributed by atoms with Gasteiger partial charge in [-0.1, -0.05) is 0 Å². The number of methoxy groups -OCH3 is 1. The molecule has 2 aromatic rings. The predicted molar refractivity (Wildman–Crippen MR) is 63.9 cm³/mol. The second-order valence-electron chi connectivity index (χ2n) is 4.18. The second-order valence-corrected chi connectivity index (χ2v) is 4.18. The lowest BCUT2D eigenvalue weighted by Gasteiger charge is -2.00. The molecule has 0 atom stereocenters. The first-order valence-electron chi connectivity index (χ1n) is 5.73. The van der Waals surface area contributed by atoms with Crippen molar-refractivity contribution >= 4 is 5.78 Å². The van der Waals surface area contributed by atoms with Gasteiger partial charge in [0.1, 0.15) is 12.8 Å². The van der Waals surface area contributed by atoms with Gasteiger partial charge in [0.15, 0.2) is 0 Å². The van der Waals surface area contributed by atoms with Crippen LogP contribution in [0.2, 0.25) is 0 Å². The summed E-state index contributed by atoms with van der Waals surface area (Å²) in [6.45, 7) is 0. The molecule has 1 aromatic heterocycles. The van der Waals surface area contributed by atoms with E-state index in [1.54, 1.807) is 12.1 Å². The summed E-state index contributed by atoms with van der Waals surface area (Å²) in [5.74, 6) is -2.79. The number of Topliss-reactive ketones (excluding diaryl/α,β-unsaturated/α-hetero) is 1. The molecule has 0 saturated heterocycles. The van der Waals surface area contributed by atoms with Gasteiger partial charge >= 0.3 is 29.5 Å². The minimum absolute atomic E-state index is 0.0808. The van der Waals surface area contributed by atoms with Crippen LogP contribution in [0, 0.1) is 0 Å². The maximum atomic E-state index is 12.5. The molecule has 0 saturated carbocycles. The Bertz CT molecular complexity index is 674. The first-order valence-corrected chi connectivity index (χ1v) is 5.73. The highest BCUT2D eigenvalue weighted by atomic mass is 19.4. The number of benzene rings is 1. The van der Waals surface area contributed by atoms with Crippen LogP contribution in [0.4, 0.5) is 13.2 Å². The Hall–Kier alpha value is -2.51. The molecule has 1 heterocycles. The standard InChI is InChI=1S/C13H10F3NO4/c1-17-9(10(18)13(14,15)16)12(19)21-11(17)7-3-5-8(20-2)6-4-7/h3-6H,1-2H3/p+1. The van der Waals surface area contributed by atoms with E-state index in [0.29, 0.717) is 11.3 Å². The van der Waals surface area contributed by atoms with Gasteiger partial charge in [-0.25, -0.2) is 0 Å². The van der Waals surface area contributed by atoms with Crippen LogP contribution in [0.15, 0.2) is 28.7 Å². The fourth-order valence-electron chi connectivity index (χ4n) is 1.82. The van der Waals surface area contributed by atoms with Gasteiger partial charge in [0.2, 0.25) is 0 Å². The van der Waals surface area contributed by atoms with Gasteiger partial charge in [-0.2, -0.15) is 17.7 Å². The Kier molecular flexibility index (Phi) is 3.63. The van der Waals surface area contributed by atoms with Crippen molar-refractivity contribution in [2.75, 3.05) is 7.11 Å². The molecule has 5 nitrogen and oxygen atoms in total. The summed E-state index contributed by atoms with van der Waals surface area (Å²) in [5.41, 5.74) is -0.567. The highest BCUT2D eigenvalue weighted by molar-refractivity contribution is 5.99. The van der Waals surface area contributed by atoms with E-state index in [4.69, 9.17) is 9.15 Å². The van der Waals surface area contributed by atoms with Crippen molar-refractivity contribution in [1.29, 1.82) is 0 Å². The minimum atomic E-state index is -5.10. The zero-order valence-corrected chi connectivity index (χ0v) is 11.1. The molecule has 21 heavy (non-hydrogen) atoms. The number of carbonyl (C=O) groups excluding carboxylic acids is 1. The smallest absolute Gasteiger partial charge is 0.461 e. The van der Waals surface area contributed by atoms with E-state index in [-0.39, 0.29) is 5.89 Å². The number of carbonyl (C=O) groups is 1. The molecule has 0 spiro atoms. The molecule has 0 aliphatic rings. The normalized spacial score (nSPS) is 11.5. The molecule has 0 aliphatic carbocycles. The summed E-state index contributed by atoms with van der Waals surface area (Å²) in [5, 5.41) is 9.47. The zero-order chi connectivity index (χ0) is 15.8. The lowest BCUT2D eigenvalue weighted by Crippen LogP contribution is -2.39. The highest BCUT2D eigenvalue weighted by Crippen LogP contribution is 2.30. The quantitative estimate of drug-likeness (QED) is 0.697. The average Bonchev–Trinajstić information content (AvgIpc) is 2.72. The van der Waals surface area contributed by atoms with Gasteiger partial charge in [0.05, 0.1) is 12.7 Å². The number of aromatic hydroxyl groups is 1. The fourth-order valence-corrected chi connectivity index (χ4v) is 1.82. The first kappa shape index (κ1) is 14.9. The number of ketones is 1. The maximum absolute atomic E-state index is 12.5. The molecular weight excluding hydrogens is 291 g/mol. The van der Waals surface area contributed by atoms with Crippen molar-refractivity contribution in [3.63, 3.8) is 0 Å². The number of hydrogen-bond acceptors (Lipinski definition) is 4. The third-order valence-corrected chi connectivity index (χ3v) is 2.85. The number of hydrogen-bond donors (Lipinski definition) is 1. The number of ether oxygens (including phenoxy) is 1. The van der Waals surface area contributed by atoms with Gasteiger partial charge in [-0.3, -0.25) is 4.79 Å². The summed E-state index contributed by atoms with van der Waals surface area (Å²) in [6, 6.07) is 6.19. The summed E-state index contributed by atoms with van der Waals surface area (Å²) in [6.07, 6.45) is -5.10. The molecule has 1 N–H and O–H groups in total. The number of rotatable bonds is 3. The monoisotopic (exact) mass is 302 g/mol. The summed E-state index contributed by atoms with van der Waals surface area (Å²) >= 11 is 0. The van der Waals surface area contributed by atoms with Crippen LogP contribution in [0.25, 0.3) is 11.5 Å². The molecule has 0 aliphatic heterocycles. The Morgan fingerprint density at radius 1 is 1.29 bits per heavy atom. The van der Waals surface area contributed by atoms with Crippen LogP contribution >= 0.6 is 0 Å². The Morgan fingerprint density at radius 2 is 1.86 bits per heavy atom. The lowest BCUT2D eigenvalue weighted by atomic mass is 10.2. The SMILES string of the molecule is COc1ccc(-c2oc(O)c(C(=O)C(F)(F)F)[n+]2C)cc1. The van der Waals surface area contributed by atoms with Gasteiger partial charge in [-0.15, -0.1) is 0 Å². The molecule has 0 amide bonds. The number of aromatic nitrogens is 1. The van der Waals surface area contributed by atoms with Gasteiger partial charge in [0, 0.05) is 0 Å². The van der Waals surface area contributed by atoms with E-state index in [0.717, 1.165) is 4.57 Å². The van der Waals surface area contributed by atoms with E-state index in [9.17, 15) is 23.1 Å². The summed E-state index contributed by atoms with van der Waals surface area (Å²) < 4.78 is 48.1. The molecule has 112 valence electrons. The topological polar surface area (TPSA) is 63.6 Å². The van der Waals surface area contributed by atoms with Crippen LogP contribution in [0.5, 0.6) is 11.7 Å². The van der Waals surface area contributed by atoms with Gasteiger partial charge in [-0.05, 0) is 24.3 Å². The minimum Gasteiger partial charge on any atom is -0.497 e. The van der Waals surface area contributed by atoms with E-state index < -0.39 is 23.6 Å². The van der Waals surface area contributed by atoms with Crippen molar-refractivity contribution in [1.82, 2.24) is 0 Å². The largest absolute Gasteiger partial charge is 0.497 e. The number of oxazole rings is 1. The van der Waals surface area contributed by atoms with Crippen LogP contribution < -0.4 is 9.30 Å². The fraction of sp³-hybridized carbons (Fsp3) is 0.231. The molecule has 0 fully saturated rings.